The van der Waals surface area contributed by atoms with E-state index in [9.17, 15) is 14.4 Å². The lowest BCUT2D eigenvalue weighted by Crippen LogP contribution is -2.53. The molecule has 29 heavy (non-hydrogen) atoms. The minimum atomic E-state index is -0.462. The number of rotatable bonds is 4. The SMILES string of the molecule is O=C(C1=C(C(=O)c2ccccc2)[C@]23CCCC[C@H]2C[C@H]1C(=O)C3)c1ccccc1. The van der Waals surface area contributed by atoms with Gasteiger partial charge in [-0.1, -0.05) is 73.5 Å². The van der Waals surface area contributed by atoms with E-state index >= 15 is 0 Å². The van der Waals surface area contributed by atoms with E-state index in [-0.39, 0.29) is 17.3 Å². The number of Topliss-reactive ketones (excluding diaryl/α,β-unsaturated/α-hetero) is 3. The molecule has 2 aromatic carbocycles. The summed E-state index contributed by atoms with van der Waals surface area (Å²) >= 11 is 0. The van der Waals surface area contributed by atoms with Crippen LogP contribution in [0.2, 0.25) is 0 Å². The van der Waals surface area contributed by atoms with Crippen LogP contribution in [0.3, 0.4) is 0 Å². The molecule has 0 heterocycles. The van der Waals surface area contributed by atoms with E-state index in [0.29, 0.717) is 34.6 Å². The number of allylic oxidation sites excluding steroid dienone is 2. The predicted octanol–water partition coefficient (Wildman–Crippen LogP) is 5.22. The standard InChI is InChI=1S/C26H24O3/c27-21-16-26-14-8-7-13-19(26)15-20(21)22(24(28)17-9-3-1-4-10-17)23(26)25(29)18-11-5-2-6-12-18/h1-6,9-12,19-20H,7-8,13-16H2/t19-,20-,26-/m0/s1. The molecule has 0 aromatic heterocycles. The minimum absolute atomic E-state index is 0.0611. The first-order valence-electron chi connectivity index (χ1n) is 10.6. The van der Waals surface area contributed by atoms with Gasteiger partial charge in [-0.05, 0) is 25.2 Å². The fourth-order valence-corrected chi connectivity index (χ4v) is 5.98. The quantitative estimate of drug-likeness (QED) is 0.679. The molecule has 0 unspecified atom stereocenters. The summed E-state index contributed by atoms with van der Waals surface area (Å²) in [5, 5.41) is 0. The van der Waals surface area contributed by atoms with Crippen molar-refractivity contribution in [1.29, 1.82) is 0 Å². The first-order chi connectivity index (χ1) is 14.1. The van der Waals surface area contributed by atoms with Gasteiger partial charge in [0, 0.05) is 40.0 Å². The van der Waals surface area contributed by atoms with Crippen molar-refractivity contribution in [3.8, 4) is 0 Å². The highest BCUT2D eigenvalue weighted by Crippen LogP contribution is 2.62. The van der Waals surface area contributed by atoms with Crippen LogP contribution in [0.25, 0.3) is 0 Å². The van der Waals surface area contributed by atoms with Crippen LogP contribution in [-0.4, -0.2) is 17.3 Å². The summed E-state index contributed by atoms with van der Waals surface area (Å²) in [6, 6.07) is 18.3. The maximum Gasteiger partial charge on any atom is 0.190 e. The second-order valence-electron chi connectivity index (χ2n) is 8.71. The highest BCUT2D eigenvalue weighted by Gasteiger charge is 2.59. The van der Waals surface area contributed by atoms with Gasteiger partial charge in [-0.25, -0.2) is 0 Å². The lowest BCUT2D eigenvalue weighted by atomic mass is 9.47. The molecule has 0 amide bonds. The smallest absolute Gasteiger partial charge is 0.190 e. The van der Waals surface area contributed by atoms with Crippen molar-refractivity contribution in [2.45, 2.75) is 38.5 Å². The summed E-state index contributed by atoms with van der Waals surface area (Å²) in [5.74, 6) is -0.170. The van der Waals surface area contributed by atoms with E-state index < -0.39 is 11.3 Å². The first-order valence-corrected chi connectivity index (χ1v) is 10.6. The van der Waals surface area contributed by atoms with E-state index in [4.69, 9.17) is 0 Å². The van der Waals surface area contributed by atoms with Gasteiger partial charge in [-0.2, -0.15) is 0 Å². The van der Waals surface area contributed by atoms with Crippen LogP contribution in [-0.2, 0) is 4.79 Å². The van der Waals surface area contributed by atoms with Crippen molar-refractivity contribution in [3.05, 3.63) is 82.9 Å². The highest BCUT2D eigenvalue weighted by atomic mass is 16.1. The molecule has 0 radical (unpaired) electrons. The van der Waals surface area contributed by atoms with Crippen LogP contribution < -0.4 is 0 Å². The largest absolute Gasteiger partial charge is 0.299 e. The van der Waals surface area contributed by atoms with Crippen molar-refractivity contribution >= 4 is 17.3 Å². The Morgan fingerprint density at radius 2 is 1.45 bits per heavy atom. The number of fused-ring (bicyclic) bond motifs is 1. The van der Waals surface area contributed by atoms with Gasteiger partial charge < -0.3 is 0 Å². The number of hydrogen-bond donors (Lipinski definition) is 0. The Hall–Kier alpha value is -2.81. The Bertz CT molecular complexity index is 1020. The van der Waals surface area contributed by atoms with Crippen LogP contribution >= 0.6 is 0 Å². The van der Waals surface area contributed by atoms with Crippen LogP contribution in [0.5, 0.6) is 0 Å². The van der Waals surface area contributed by atoms with Crippen molar-refractivity contribution in [1.82, 2.24) is 0 Å². The molecule has 2 aromatic rings. The Morgan fingerprint density at radius 3 is 2.10 bits per heavy atom. The van der Waals surface area contributed by atoms with Gasteiger partial charge in [-0.3, -0.25) is 14.4 Å². The number of ketones is 3. The summed E-state index contributed by atoms with van der Waals surface area (Å²) in [6.45, 7) is 0. The molecular weight excluding hydrogens is 360 g/mol. The fourth-order valence-electron chi connectivity index (χ4n) is 5.98. The molecule has 6 rings (SSSR count). The monoisotopic (exact) mass is 384 g/mol. The molecule has 4 aliphatic rings. The van der Waals surface area contributed by atoms with E-state index in [1.54, 1.807) is 12.1 Å². The third kappa shape index (κ3) is 2.75. The van der Waals surface area contributed by atoms with E-state index in [0.717, 1.165) is 32.1 Å². The van der Waals surface area contributed by atoms with Crippen LogP contribution in [0.1, 0.15) is 59.2 Å². The number of benzene rings is 2. The lowest BCUT2D eigenvalue weighted by molar-refractivity contribution is -0.131. The average Bonchev–Trinajstić information content (AvgIpc) is 2.78. The van der Waals surface area contributed by atoms with E-state index in [2.05, 4.69) is 0 Å². The molecule has 0 N–H and O–H groups in total. The van der Waals surface area contributed by atoms with Crippen LogP contribution in [0.15, 0.2) is 71.8 Å². The average molecular weight is 384 g/mol. The van der Waals surface area contributed by atoms with Crippen molar-refractivity contribution < 1.29 is 14.4 Å². The molecule has 4 aliphatic carbocycles. The summed E-state index contributed by atoms with van der Waals surface area (Å²) in [6.07, 6.45) is 5.16. The van der Waals surface area contributed by atoms with Gasteiger partial charge in [0.25, 0.3) is 0 Å². The zero-order valence-electron chi connectivity index (χ0n) is 16.4. The molecule has 3 heteroatoms. The zero-order valence-corrected chi connectivity index (χ0v) is 16.4. The maximum absolute atomic E-state index is 13.8. The molecular formula is C26H24O3. The summed E-state index contributed by atoms with van der Waals surface area (Å²) in [5.41, 5.74) is 1.85. The van der Waals surface area contributed by atoms with Crippen LogP contribution in [0.4, 0.5) is 0 Å². The number of carbonyl (C=O) groups excluding carboxylic acids is 3. The lowest BCUT2D eigenvalue weighted by Gasteiger charge is -2.55. The third-order valence-electron chi connectivity index (χ3n) is 7.26. The third-order valence-corrected chi connectivity index (χ3v) is 7.26. The molecule has 3 atom stereocenters. The van der Waals surface area contributed by atoms with Gasteiger partial charge in [0.05, 0.1) is 0 Å². The molecule has 2 fully saturated rings. The van der Waals surface area contributed by atoms with E-state index in [1.165, 1.54) is 0 Å². The van der Waals surface area contributed by atoms with Crippen molar-refractivity contribution in [3.63, 3.8) is 0 Å². The molecule has 3 nitrogen and oxygen atoms in total. The first kappa shape index (κ1) is 18.2. The van der Waals surface area contributed by atoms with Gasteiger partial charge in [0.1, 0.15) is 5.78 Å². The minimum Gasteiger partial charge on any atom is -0.299 e. The summed E-state index contributed by atoms with van der Waals surface area (Å²) in [7, 11) is 0. The molecule has 0 saturated heterocycles. The van der Waals surface area contributed by atoms with Gasteiger partial charge >= 0.3 is 0 Å². The Labute approximate surface area is 170 Å². The zero-order chi connectivity index (χ0) is 20.0. The molecule has 146 valence electrons. The maximum atomic E-state index is 13.8. The van der Waals surface area contributed by atoms with Crippen LogP contribution in [0, 0.1) is 17.3 Å². The summed E-state index contributed by atoms with van der Waals surface area (Å²) < 4.78 is 0. The molecule has 2 bridgehead atoms. The number of hydrogen-bond acceptors (Lipinski definition) is 3. The fraction of sp³-hybridized carbons (Fsp3) is 0.346. The van der Waals surface area contributed by atoms with Crippen molar-refractivity contribution in [2.24, 2.45) is 17.3 Å². The second-order valence-corrected chi connectivity index (χ2v) is 8.71. The van der Waals surface area contributed by atoms with Gasteiger partial charge in [0.15, 0.2) is 11.6 Å². The number of carbonyl (C=O) groups is 3. The Balaban J connectivity index is 1.74. The Morgan fingerprint density at radius 1 is 0.828 bits per heavy atom. The normalized spacial score (nSPS) is 28.2. The topological polar surface area (TPSA) is 51.2 Å². The highest BCUT2D eigenvalue weighted by molar-refractivity contribution is 6.22. The second kappa shape index (κ2) is 6.91. The molecule has 1 spiro atoms. The van der Waals surface area contributed by atoms with E-state index in [1.807, 2.05) is 48.5 Å². The molecule has 2 saturated carbocycles. The molecule has 0 aliphatic heterocycles. The van der Waals surface area contributed by atoms with Gasteiger partial charge in [0.2, 0.25) is 0 Å². The van der Waals surface area contributed by atoms with Crippen molar-refractivity contribution in [2.75, 3.05) is 0 Å². The Kier molecular flexibility index (Phi) is 4.34. The predicted molar refractivity (Wildman–Crippen MR) is 111 cm³/mol. The summed E-state index contributed by atoms with van der Waals surface area (Å²) in [4.78, 5) is 40.4. The van der Waals surface area contributed by atoms with Gasteiger partial charge in [-0.15, -0.1) is 0 Å².